The Kier molecular flexibility index (Phi) is 7.44. The summed E-state index contributed by atoms with van der Waals surface area (Å²) in [6.45, 7) is 0. The predicted molar refractivity (Wildman–Crippen MR) is 121 cm³/mol. The molecule has 3 aromatic rings. The minimum absolute atomic E-state index is 0.0465. The van der Waals surface area contributed by atoms with Crippen molar-refractivity contribution in [3.8, 4) is 11.5 Å². The summed E-state index contributed by atoms with van der Waals surface area (Å²) in [7, 11) is -1.21. The van der Waals surface area contributed by atoms with Crippen LogP contribution in [0.2, 0.25) is 5.02 Å². The highest BCUT2D eigenvalue weighted by Crippen LogP contribution is 2.29. The van der Waals surface area contributed by atoms with E-state index >= 15 is 0 Å². The molecule has 0 atom stereocenters. The first-order chi connectivity index (χ1) is 15.2. The Bertz CT molecular complexity index is 1290. The molecule has 0 aliphatic heterocycles. The van der Waals surface area contributed by atoms with Crippen LogP contribution in [0.15, 0.2) is 68.4 Å². The SMILES string of the molecule is COc1ccc(NC(=O)CSc2ncc(S(=O)(=O)c3ccc(OC)c(Cl)c3)c(=O)[nH]2)cc1. The lowest BCUT2D eigenvalue weighted by Crippen LogP contribution is -2.20. The van der Waals surface area contributed by atoms with Crippen LogP contribution >= 0.6 is 23.4 Å². The number of methoxy groups -OCH3 is 2. The number of carbonyl (C=O) groups is 1. The number of aromatic nitrogens is 2. The van der Waals surface area contributed by atoms with Crippen LogP contribution in [0, 0.1) is 0 Å². The van der Waals surface area contributed by atoms with E-state index in [2.05, 4.69) is 15.3 Å². The predicted octanol–water partition coefficient (Wildman–Crippen LogP) is 3.00. The Morgan fingerprint density at radius 1 is 1.16 bits per heavy atom. The number of halogens is 1. The summed E-state index contributed by atoms with van der Waals surface area (Å²) in [4.78, 5) is 30.2. The fourth-order valence-corrected chi connectivity index (χ4v) is 4.79. The second-order valence-electron chi connectivity index (χ2n) is 6.25. The quantitative estimate of drug-likeness (QED) is 0.360. The van der Waals surface area contributed by atoms with Gasteiger partial charge >= 0.3 is 0 Å². The van der Waals surface area contributed by atoms with Gasteiger partial charge in [0.1, 0.15) is 11.5 Å². The molecule has 32 heavy (non-hydrogen) atoms. The van der Waals surface area contributed by atoms with Crippen LogP contribution in [0.3, 0.4) is 0 Å². The zero-order valence-corrected chi connectivity index (χ0v) is 19.3. The maximum absolute atomic E-state index is 12.8. The molecule has 12 heteroatoms. The van der Waals surface area contributed by atoms with Gasteiger partial charge in [-0.25, -0.2) is 13.4 Å². The molecule has 2 aromatic carbocycles. The molecule has 2 N–H and O–H groups in total. The number of hydrogen-bond donors (Lipinski definition) is 2. The number of sulfone groups is 1. The van der Waals surface area contributed by atoms with E-state index in [4.69, 9.17) is 21.1 Å². The molecular weight excluding hydrogens is 478 g/mol. The molecule has 0 aliphatic carbocycles. The van der Waals surface area contributed by atoms with E-state index in [1.165, 1.54) is 25.3 Å². The number of amides is 1. The third-order valence-electron chi connectivity index (χ3n) is 4.18. The van der Waals surface area contributed by atoms with Crippen LogP contribution in [0.5, 0.6) is 11.5 Å². The van der Waals surface area contributed by atoms with Crippen molar-refractivity contribution in [1.29, 1.82) is 0 Å². The first kappa shape index (κ1) is 23.6. The summed E-state index contributed by atoms with van der Waals surface area (Å²) < 4.78 is 35.6. The van der Waals surface area contributed by atoms with Crippen molar-refractivity contribution in [3.05, 3.63) is 64.0 Å². The number of carbonyl (C=O) groups excluding carboxylic acids is 1. The maximum atomic E-state index is 12.8. The number of hydrogen-bond acceptors (Lipinski definition) is 8. The van der Waals surface area contributed by atoms with E-state index in [0.29, 0.717) is 17.2 Å². The van der Waals surface area contributed by atoms with Crippen LogP contribution in [0.4, 0.5) is 5.69 Å². The number of H-pyrrole nitrogens is 1. The molecule has 1 aromatic heterocycles. The van der Waals surface area contributed by atoms with Gasteiger partial charge in [0.25, 0.3) is 5.56 Å². The van der Waals surface area contributed by atoms with Crippen molar-refractivity contribution < 1.29 is 22.7 Å². The van der Waals surface area contributed by atoms with Gasteiger partial charge in [0.15, 0.2) is 10.1 Å². The van der Waals surface area contributed by atoms with E-state index in [0.717, 1.165) is 18.0 Å². The monoisotopic (exact) mass is 495 g/mol. The van der Waals surface area contributed by atoms with Crippen LogP contribution in [-0.2, 0) is 14.6 Å². The van der Waals surface area contributed by atoms with Gasteiger partial charge in [-0.1, -0.05) is 23.4 Å². The zero-order valence-electron chi connectivity index (χ0n) is 16.9. The van der Waals surface area contributed by atoms with Gasteiger partial charge in [0.05, 0.1) is 36.1 Å². The minimum Gasteiger partial charge on any atom is -0.497 e. The zero-order chi connectivity index (χ0) is 23.3. The fourth-order valence-electron chi connectivity index (χ4n) is 2.58. The molecule has 3 rings (SSSR count). The summed E-state index contributed by atoms with van der Waals surface area (Å²) in [6, 6.07) is 10.7. The molecule has 1 amide bonds. The number of benzene rings is 2. The molecule has 0 fully saturated rings. The standard InChI is InChI=1S/C20H18ClN3O6S2/c1-29-13-5-3-12(4-6-13)23-18(25)11-31-20-22-10-17(19(26)24-20)32(27,28)14-7-8-16(30-2)15(21)9-14/h3-10H,11H2,1-2H3,(H,23,25)(H,22,24,26). The summed E-state index contributed by atoms with van der Waals surface area (Å²) in [5.74, 6) is 0.589. The summed E-state index contributed by atoms with van der Waals surface area (Å²) in [5.41, 5.74) is -0.276. The van der Waals surface area contributed by atoms with Gasteiger partial charge in [-0.3, -0.25) is 9.59 Å². The molecule has 0 spiro atoms. The smallest absolute Gasteiger partial charge is 0.270 e. The third kappa shape index (κ3) is 5.42. The summed E-state index contributed by atoms with van der Waals surface area (Å²) in [6.07, 6.45) is 0.954. The highest BCUT2D eigenvalue weighted by atomic mass is 35.5. The highest BCUT2D eigenvalue weighted by molar-refractivity contribution is 7.99. The second-order valence-corrected chi connectivity index (χ2v) is 9.54. The Morgan fingerprint density at radius 2 is 1.88 bits per heavy atom. The van der Waals surface area contributed by atoms with Crippen molar-refractivity contribution >= 4 is 44.8 Å². The van der Waals surface area contributed by atoms with E-state index < -0.39 is 20.3 Å². The lowest BCUT2D eigenvalue weighted by atomic mass is 10.3. The van der Waals surface area contributed by atoms with E-state index in [1.807, 2.05) is 0 Å². The van der Waals surface area contributed by atoms with Crippen molar-refractivity contribution in [2.45, 2.75) is 14.9 Å². The van der Waals surface area contributed by atoms with Crippen LogP contribution < -0.4 is 20.3 Å². The molecule has 0 aliphatic rings. The molecule has 0 saturated heterocycles. The Morgan fingerprint density at radius 3 is 2.47 bits per heavy atom. The van der Waals surface area contributed by atoms with Crippen LogP contribution in [-0.4, -0.2) is 44.3 Å². The topological polar surface area (TPSA) is 127 Å². The first-order valence-electron chi connectivity index (χ1n) is 8.99. The van der Waals surface area contributed by atoms with Gasteiger partial charge in [0.2, 0.25) is 15.7 Å². The molecule has 1 heterocycles. The van der Waals surface area contributed by atoms with E-state index in [9.17, 15) is 18.0 Å². The Labute approximate surface area is 193 Å². The molecule has 9 nitrogen and oxygen atoms in total. The van der Waals surface area contributed by atoms with Crippen molar-refractivity contribution in [2.24, 2.45) is 0 Å². The van der Waals surface area contributed by atoms with Crippen LogP contribution in [0.25, 0.3) is 0 Å². The summed E-state index contributed by atoms with van der Waals surface area (Å²) in [5, 5.41) is 2.89. The van der Waals surface area contributed by atoms with Crippen molar-refractivity contribution in [2.75, 3.05) is 25.3 Å². The average molecular weight is 496 g/mol. The van der Waals surface area contributed by atoms with Gasteiger partial charge in [-0.05, 0) is 42.5 Å². The average Bonchev–Trinajstić information content (AvgIpc) is 2.78. The number of thioether (sulfide) groups is 1. The number of ether oxygens (including phenoxy) is 2. The van der Waals surface area contributed by atoms with Gasteiger partial charge < -0.3 is 19.8 Å². The van der Waals surface area contributed by atoms with Gasteiger partial charge in [-0.15, -0.1) is 0 Å². The number of nitrogens with zero attached hydrogens (tertiary/aromatic N) is 1. The number of aromatic amines is 1. The Hall–Kier alpha value is -3.02. The lowest BCUT2D eigenvalue weighted by Gasteiger charge is -2.08. The summed E-state index contributed by atoms with van der Waals surface area (Å²) >= 11 is 6.95. The van der Waals surface area contributed by atoms with Gasteiger partial charge in [-0.2, -0.15) is 0 Å². The molecule has 168 valence electrons. The van der Waals surface area contributed by atoms with E-state index in [1.54, 1.807) is 31.4 Å². The number of anilines is 1. The first-order valence-corrected chi connectivity index (χ1v) is 11.8. The second kappa shape index (κ2) is 10.1. The molecule has 0 radical (unpaired) electrons. The van der Waals surface area contributed by atoms with E-state index in [-0.39, 0.29) is 26.7 Å². The number of rotatable bonds is 8. The van der Waals surface area contributed by atoms with Crippen molar-refractivity contribution in [1.82, 2.24) is 9.97 Å². The van der Waals surface area contributed by atoms with Gasteiger partial charge in [0, 0.05) is 5.69 Å². The van der Waals surface area contributed by atoms with Crippen LogP contribution in [0.1, 0.15) is 0 Å². The highest BCUT2D eigenvalue weighted by Gasteiger charge is 2.23. The fraction of sp³-hybridized carbons (Fsp3) is 0.150. The maximum Gasteiger partial charge on any atom is 0.270 e. The number of nitrogens with one attached hydrogen (secondary N) is 2. The molecule has 0 unspecified atom stereocenters. The minimum atomic E-state index is -4.16. The van der Waals surface area contributed by atoms with Crippen molar-refractivity contribution in [3.63, 3.8) is 0 Å². The molecule has 0 saturated carbocycles. The lowest BCUT2D eigenvalue weighted by molar-refractivity contribution is -0.113. The molecular formula is C20H18ClN3O6S2. The largest absolute Gasteiger partial charge is 0.497 e. The molecule has 0 bridgehead atoms. The normalized spacial score (nSPS) is 11.1. The third-order valence-corrected chi connectivity index (χ3v) is 7.11. The Balaban J connectivity index is 1.69.